The lowest BCUT2D eigenvalue weighted by Gasteiger charge is -2.18. The number of hydrogen-bond acceptors (Lipinski definition) is 3. The number of para-hydroxylation sites is 1. The minimum Gasteiger partial charge on any atom is -0.377 e. The summed E-state index contributed by atoms with van der Waals surface area (Å²) in [6, 6.07) is 18.5. The first-order valence-electron chi connectivity index (χ1n) is 9.12. The van der Waals surface area contributed by atoms with Crippen LogP contribution in [0.15, 0.2) is 54.6 Å². The fourth-order valence-electron chi connectivity index (χ4n) is 4.04. The van der Waals surface area contributed by atoms with Gasteiger partial charge < -0.3 is 14.8 Å². The molecule has 1 aromatic heterocycles. The number of amides is 1. The molecule has 0 unspecified atom stereocenters. The summed E-state index contributed by atoms with van der Waals surface area (Å²) in [4.78, 5) is 19.5. The highest BCUT2D eigenvalue weighted by Gasteiger charge is 2.22. The first-order valence-corrected chi connectivity index (χ1v) is 9.12. The van der Waals surface area contributed by atoms with Crippen molar-refractivity contribution in [2.24, 2.45) is 0 Å². The van der Waals surface area contributed by atoms with Gasteiger partial charge in [-0.2, -0.15) is 0 Å². The molecule has 0 bridgehead atoms. The molecule has 5 rings (SSSR count). The van der Waals surface area contributed by atoms with Gasteiger partial charge in [0, 0.05) is 43.8 Å². The molecule has 0 spiro atoms. The zero-order valence-corrected chi connectivity index (χ0v) is 15.4. The summed E-state index contributed by atoms with van der Waals surface area (Å²) in [6.45, 7) is 1.30. The molecule has 0 saturated carbocycles. The van der Waals surface area contributed by atoms with Gasteiger partial charge in [0.15, 0.2) is 0 Å². The summed E-state index contributed by atoms with van der Waals surface area (Å²) in [7, 11) is 4.12. The Labute approximate surface area is 157 Å². The molecule has 3 aromatic carbocycles. The molecule has 1 aliphatic heterocycles. The van der Waals surface area contributed by atoms with E-state index in [0.29, 0.717) is 18.7 Å². The molecule has 1 N–H and O–H groups in total. The third kappa shape index (κ3) is 2.31. The van der Waals surface area contributed by atoms with Crippen molar-refractivity contribution in [3.05, 3.63) is 60.2 Å². The molecule has 0 atom stereocenters. The minimum atomic E-state index is -0.0291. The van der Waals surface area contributed by atoms with Gasteiger partial charge in [-0.25, -0.2) is 4.98 Å². The quantitative estimate of drug-likeness (QED) is 0.596. The lowest BCUT2D eigenvalue weighted by atomic mass is 10.0. The molecule has 134 valence electrons. The van der Waals surface area contributed by atoms with Crippen LogP contribution in [0.4, 0.5) is 5.69 Å². The van der Waals surface area contributed by atoms with Gasteiger partial charge in [-0.05, 0) is 29.7 Å². The zero-order valence-electron chi connectivity index (χ0n) is 15.4. The van der Waals surface area contributed by atoms with Crippen molar-refractivity contribution in [2.75, 3.05) is 25.5 Å². The summed E-state index contributed by atoms with van der Waals surface area (Å²) in [5.41, 5.74) is 4.74. The number of aromatic nitrogens is 2. The van der Waals surface area contributed by atoms with Crippen LogP contribution in [0.2, 0.25) is 0 Å². The Kier molecular flexibility index (Phi) is 3.44. The number of carbonyl (C=O) groups is 1. The molecule has 5 nitrogen and oxygen atoms in total. The Bertz CT molecular complexity index is 1210. The van der Waals surface area contributed by atoms with Crippen molar-refractivity contribution in [1.29, 1.82) is 0 Å². The van der Waals surface area contributed by atoms with Crippen LogP contribution in [0, 0.1) is 0 Å². The van der Waals surface area contributed by atoms with Gasteiger partial charge >= 0.3 is 0 Å². The molecular weight excluding hydrogens is 336 g/mol. The Morgan fingerprint density at radius 3 is 2.59 bits per heavy atom. The van der Waals surface area contributed by atoms with E-state index >= 15 is 0 Å². The van der Waals surface area contributed by atoms with E-state index in [1.54, 1.807) is 0 Å². The van der Waals surface area contributed by atoms with Crippen LogP contribution in [0.3, 0.4) is 0 Å². The number of nitrogens with zero attached hydrogens (tertiary/aromatic N) is 3. The van der Waals surface area contributed by atoms with Crippen molar-refractivity contribution in [2.45, 2.75) is 6.54 Å². The molecule has 4 aromatic rings. The molecule has 5 heteroatoms. The summed E-state index contributed by atoms with van der Waals surface area (Å²) in [6.07, 6.45) is 0. The Hall–Kier alpha value is -3.34. The summed E-state index contributed by atoms with van der Waals surface area (Å²) >= 11 is 0. The molecule has 1 amide bonds. The Morgan fingerprint density at radius 2 is 1.78 bits per heavy atom. The van der Waals surface area contributed by atoms with E-state index in [9.17, 15) is 4.79 Å². The van der Waals surface area contributed by atoms with Crippen LogP contribution in [0.5, 0.6) is 0 Å². The molecule has 0 saturated heterocycles. The average Bonchev–Trinajstić information content (AvgIpc) is 2.96. The number of benzene rings is 3. The zero-order chi connectivity index (χ0) is 18.5. The first kappa shape index (κ1) is 15.9. The third-order valence-electron chi connectivity index (χ3n) is 5.26. The second-order valence-electron chi connectivity index (χ2n) is 7.09. The number of fused-ring (bicyclic) bond motifs is 1. The van der Waals surface area contributed by atoms with Gasteiger partial charge in [0.05, 0.1) is 16.6 Å². The van der Waals surface area contributed by atoms with Gasteiger partial charge in [-0.3, -0.25) is 4.79 Å². The van der Waals surface area contributed by atoms with Crippen LogP contribution in [-0.2, 0) is 6.54 Å². The van der Waals surface area contributed by atoms with Crippen LogP contribution in [-0.4, -0.2) is 36.1 Å². The molecule has 0 fully saturated rings. The minimum absolute atomic E-state index is 0.0291. The lowest BCUT2D eigenvalue weighted by Crippen LogP contribution is -2.24. The van der Waals surface area contributed by atoms with Crippen molar-refractivity contribution in [1.82, 2.24) is 14.9 Å². The van der Waals surface area contributed by atoms with Gasteiger partial charge in [0.1, 0.15) is 5.82 Å². The summed E-state index contributed by atoms with van der Waals surface area (Å²) in [5.74, 6) is 0.883. The van der Waals surface area contributed by atoms with Gasteiger partial charge in [0.25, 0.3) is 5.91 Å². The van der Waals surface area contributed by atoms with Crippen molar-refractivity contribution in [3.8, 4) is 11.4 Å². The summed E-state index contributed by atoms with van der Waals surface area (Å²) < 4.78 is 2.18. The molecule has 1 aliphatic rings. The predicted octanol–water partition coefficient (Wildman–Crippen LogP) is 3.67. The van der Waals surface area contributed by atoms with Crippen molar-refractivity contribution in [3.63, 3.8) is 0 Å². The van der Waals surface area contributed by atoms with Crippen LogP contribution in [0.25, 0.3) is 33.2 Å². The lowest BCUT2D eigenvalue weighted by molar-refractivity contribution is 0.0956. The highest BCUT2D eigenvalue weighted by Crippen LogP contribution is 2.36. The number of carbonyl (C=O) groups excluding carboxylic acids is 1. The maximum Gasteiger partial charge on any atom is 0.253 e. The van der Waals surface area contributed by atoms with E-state index in [4.69, 9.17) is 4.98 Å². The normalized spacial score (nSPS) is 13.6. The van der Waals surface area contributed by atoms with E-state index < -0.39 is 0 Å². The largest absolute Gasteiger partial charge is 0.377 e. The van der Waals surface area contributed by atoms with E-state index in [0.717, 1.165) is 22.4 Å². The molecular formula is C22H20N4O. The number of anilines is 1. The maximum atomic E-state index is 12.4. The predicted molar refractivity (Wildman–Crippen MR) is 109 cm³/mol. The molecule has 0 radical (unpaired) electrons. The second kappa shape index (κ2) is 5.84. The highest BCUT2D eigenvalue weighted by molar-refractivity contribution is 6.08. The van der Waals surface area contributed by atoms with Crippen LogP contribution in [0.1, 0.15) is 10.4 Å². The average molecular weight is 356 g/mol. The van der Waals surface area contributed by atoms with Gasteiger partial charge in [0.2, 0.25) is 0 Å². The van der Waals surface area contributed by atoms with Crippen molar-refractivity contribution >= 4 is 33.4 Å². The van der Waals surface area contributed by atoms with Crippen molar-refractivity contribution < 1.29 is 4.79 Å². The van der Waals surface area contributed by atoms with Gasteiger partial charge in [-0.1, -0.05) is 30.3 Å². The monoisotopic (exact) mass is 356 g/mol. The smallest absolute Gasteiger partial charge is 0.253 e. The van der Waals surface area contributed by atoms with Crippen LogP contribution < -0.4 is 10.2 Å². The van der Waals surface area contributed by atoms with E-state index in [-0.39, 0.29) is 5.91 Å². The number of nitrogens with one attached hydrogen (secondary N) is 1. The molecule has 2 heterocycles. The topological polar surface area (TPSA) is 50.2 Å². The molecule has 0 aliphatic carbocycles. The van der Waals surface area contributed by atoms with E-state index in [1.165, 1.54) is 16.5 Å². The van der Waals surface area contributed by atoms with E-state index in [1.807, 2.05) is 18.2 Å². The maximum absolute atomic E-state index is 12.4. The third-order valence-corrected chi connectivity index (χ3v) is 5.26. The van der Waals surface area contributed by atoms with Gasteiger partial charge in [-0.15, -0.1) is 0 Å². The number of imidazole rings is 1. The second-order valence-corrected chi connectivity index (χ2v) is 7.09. The SMILES string of the molecule is CN(C)c1ccc(-c2nc3cccc4c3n2CCNC4=O)c2ccccc12. The van der Waals surface area contributed by atoms with E-state index in [2.05, 4.69) is 65.3 Å². The fourth-order valence-corrected chi connectivity index (χ4v) is 4.04. The fraction of sp³-hybridized carbons (Fsp3) is 0.182. The standard InChI is InChI=1S/C22H20N4O/c1-25(2)19-11-10-16(14-6-3-4-7-15(14)19)21-24-18-9-5-8-17-20(18)26(21)13-12-23-22(17)27/h3-11H,12-13H2,1-2H3,(H,23,27). The Morgan fingerprint density at radius 1 is 0.963 bits per heavy atom. The van der Waals surface area contributed by atoms with Crippen LogP contribution >= 0.6 is 0 Å². The molecule has 27 heavy (non-hydrogen) atoms. The first-order chi connectivity index (χ1) is 13.1. The summed E-state index contributed by atoms with van der Waals surface area (Å²) in [5, 5.41) is 5.35. The number of rotatable bonds is 2. The Balaban J connectivity index is 1.85. The number of hydrogen-bond donors (Lipinski definition) is 1. The highest BCUT2D eigenvalue weighted by atomic mass is 16.1.